The zero-order valence-corrected chi connectivity index (χ0v) is 10.1. The summed E-state index contributed by atoms with van der Waals surface area (Å²) in [6, 6.07) is 0. The van der Waals surface area contributed by atoms with Crippen LogP contribution in [-0.2, 0) is 9.05 Å². The van der Waals surface area contributed by atoms with Crippen molar-refractivity contribution in [2.24, 2.45) is 0 Å². The Bertz CT molecular complexity index is 234. The minimum atomic E-state index is -2.35. The van der Waals surface area contributed by atoms with E-state index in [1.165, 1.54) is 6.08 Å². The third-order valence-corrected chi connectivity index (χ3v) is 2.78. The summed E-state index contributed by atoms with van der Waals surface area (Å²) in [6.45, 7) is 0. The van der Waals surface area contributed by atoms with E-state index in [-0.39, 0.29) is 0 Å². The number of halogens is 2. The lowest BCUT2D eigenvalue weighted by atomic mass is 10.1. The molecule has 0 aromatic carbocycles. The van der Waals surface area contributed by atoms with Crippen molar-refractivity contribution in [2.75, 3.05) is 0 Å². The van der Waals surface area contributed by atoms with Gasteiger partial charge in [0.2, 0.25) is 5.79 Å². The van der Waals surface area contributed by atoms with Crippen LogP contribution in [0.25, 0.3) is 0 Å². The minimum absolute atomic E-state index is 0.295. The minimum Gasteiger partial charge on any atom is -0.796 e. The Balaban J connectivity index is 2.69. The Kier molecular flexibility index (Phi) is 5.26. The highest BCUT2D eigenvalue weighted by atomic mass is 35.7. The molecular formula is C6H7Cl2O4P2-. The number of hydrogen-bond donors (Lipinski definition) is 1. The van der Waals surface area contributed by atoms with Crippen LogP contribution in [0.3, 0.4) is 0 Å². The fraction of sp³-hybridized carbons (Fsp3) is 0.333. The average Bonchev–Trinajstić information content (AvgIpc) is 2.01. The van der Waals surface area contributed by atoms with Gasteiger partial charge in [0.15, 0.2) is 0 Å². The highest BCUT2D eigenvalue weighted by molar-refractivity contribution is 7.75. The molecule has 8 heteroatoms. The quantitative estimate of drug-likeness (QED) is 0.633. The van der Waals surface area contributed by atoms with Gasteiger partial charge in [-0.3, -0.25) is 4.52 Å². The first-order chi connectivity index (χ1) is 6.54. The summed E-state index contributed by atoms with van der Waals surface area (Å²) in [5.41, 5.74) is 0. The first-order valence-electron chi connectivity index (χ1n) is 3.54. The lowest BCUT2D eigenvalue weighted by molar-refractivity contribution is -0.196. The van der Waals surface area contributed by atoms with E-state index in [0.29, 0.717) is 6.42 Å². The summed E-state index contributed by atoms with van der Waals surface area (Å²) in [7, 11) is -4.48. The second-order valence-corrected chi connectivity index (χ2v) is 5.36. The molecule has 1 N–H and O–H groups in total. The first-order valence-corrected chi connectivity index (χ1v) is 7.74. The van der Waals surface area contributed by atoms with Crippen LogP contribution in [0.1, 0.15) is 6.42 Å². The van der Waals surface area contributed by atoms with Crippen molar-refractivity contribution < 1.29 is 18.8 Å². The Labute approximate surface area is 93.5 Å². The first kappa shape index (κ1) is 12.8. The van der Waals surface area contributed by atoms with E-state index in [0.717, 1.165) is 0 Å². The van der Waals surface area contributed by atoms with Crippen molar-refractivity contribution in [1.82, 2.24) is 0 Å². The second-order valence-electron chi connectivity index (χ2n) is 2.42. The van der Waals surface area contributed by atoms with Gasteiger partial charge in [-0.15, -0.1) is 0 Å². The Morgan fingerprint density at radius 1 is 1.36 bits per heavy atom. The second kappa shape index (κ2) is 5.74. The summed E-state index contributed by atoms with van der Waals surface area (Å²) in [5, 5.41) is 0. The standard InChI is InChI=1S/C6H7Cl2O4P2/c7-13(9)11-6(12-14(8)10)4-2-1-3-5-6/h1-4,9H,5H2/q-1. The van der Waals surface area contributed by atoms with Gasteiger partial charge >= 0.3 is 0 Å². The molecule has 3 unspecified atom stereocenters. The molecule has 14 heavy (non-hydrogen) atoms. The molecule has 0 aromatic rings. The predicted octanol–water partition coefficient (Wildman–Crippen LogP) is 2.52. The molecule has 4 nitrogen and oxygen atoms in total. The fourth-order valence-electron chi connectivity index (χ4n) is 0.982. The van der Waals surface area contributed by atoms with Gasteiger partial charge in [0.1, 0.15) is 0 Å². The topological polar surface area (TPSA) is 61.8 Å². The van der Waals surface area contributed by atoms with Crippen LogP contribution in [0.2, 0.25) is 0 Å². The number of rotatable bonds is 4. The van der Waals surface area contributed by atoms with E-state index in [2.05, 4.69) is 0 Å². The average molecular weight is 276 g/mol. The largest absolute Gasteiger partial charge is 0.796 e. The van der Waals surface area contributed by atoms with Crippen LogP contribution in [0.15, 0.2) is 24.3 Å². The van der Waals surface area contributed by atoms with Crippen LogP contribution in [-0.4, -0.2) is 10.7 Å². The Morgan fingerprint density at radius 2 is 2.07 bits per heavy atom. The fourth-order valence-corrected chi connectivity index (χ4v) is 2.59. The van der Waals surface area contributed by atoms with Crippen LogP contribution >= 0.6 is 37.9 Å². The molecule has 0 fully saturated rings. The zero-order valence-electron chi connectivity index (χ0n) is 6.84. The van der Waals surface area contributed by atoms with Crippen molar-refractivity contribution in [1.29, 1.82) is 0 Å². The highest BCUT2D eigenvalue weighted by Gasteiger charge is 2.32. The highest BCUT2D eigenvalue weighted by Crippen LogP contribution is 2.50. The molecule has 0 heterocycles. The van der Waals surface area contributed by atoms with E-state index in [4.69, 9.17) is 36.4 Å². The maximum atomic E-state index is 10.7. The smallest absolute Gasteiger partial charge is 0.276 e. The predicted molar refractivity (Wildman–Crippen MR) is 55.6 cm³/mol. The summed E-state index contributed by atoms with van der Waals surface area (Å²) >= 11 is 10.5. The van der Waals surface area contributed by atoms with Crippen molar-refractivity contribution >= 4 is 37.9 Å². The van der Waals surface area contributed by atoms with Gasteiger partial charge in [0.05, 0.1) is 0 Å². The molecule has 0 amide bonds. The summed E-state index contributed by atoms with van der Waals surface area (Å²) in [4.78, 5) is 19.6. The van der Waals surface area contributed by atoms with Crippen molar-refractivity contribution in [3.63, 3.8) is 0 Å². The van der Waals surface area contributed by atoms with Crippen LogP contribution in [0, 0.1) is 0 Å². The van der Waals surface area contributed by atoms with Gasteiger partial charge < -0.3 is 14.3 Å². The Morgan fingerprint density at radius 3 is 2.50 bits per heavy atom. The van der Waals surface area contributed by atoms with Crippen molar-refractivity contribution in [2.45, 2.75) is 12.2 Å². The molecule has 3 atom stereocenters. The summed E-state index contributed by atoms with van der Waals surface area (Å²) in [6.07, 6.45) is 6.92. The molecule has 0 radical (unpaired) electrons. The lowest BCUT2D eigenvalue weighted by Gasteiger charge is -2.34. The van der Waals surface area contributed by atoms with Crippen LogP contribution in [0.5, 0.6) is 0 Å². The van der Waals surface area contributed by atoms with Crippen molar-refractivity contribution in [3.8, 4) is 0 Å². The molecule has 0 bridgehead atoms. The van der Waals surface area contributed by atoms with E-state index >= 15 is 0 Å². The van der Waals surface area contributed by atoms with E-state index < -0.39 is 21.2 Å². The Hall–Kier alpha value is 0.760. The molecule has 0 aromatic heterocycles. The maximum Gasteiger partial charge on any atom is 0.276 e. The molecule has 80 valence electrons. The molecule has 1 rings (SSSR count). The molecule has 0 saturated carbocycles. The van der Waals surface area contributed by atoms with Crippen LogP contribution in [0.4, 0.5) is 0 Å². The van der Waals surface area contributed by atoms with Crippen molar-refractivity contribution in [3.05, 3.63) is 24.3 Å². The van der Waals surface area contributed by atoms with Gasteiger partial charge in [-0.25, -0.2) is 0 Å². The number of allylic oxidation sites excluding steroid dienone is 2. The normalized spacial score (nSPS) is 30.3. The third kappa shape index (κ3) is 4.09. The summed E-state index contributed by atoms with van der Waals surface area (Å²) in [5.74, 6) is -1.31. The van der Waals surface area contributed by atoms with Gasteiger partial charge in [-0.1, -0.05) is 29.5 Å². The monoisotopic (exact) mass is 275 g/mol. The SMILES string of the molecule is [O-]P(Cl)OC1(OP(O)Cl)C=CC=CC1. The van der Waals surface area contributed by atoms with E-state index in [1.807, 2.05) is 0 Å². The maximum absolute atomic E-state index is 10.7. The van der Waals surface area contributed by atoms with Gasteiger partial charge in [-0.05, 0) is 17.3 Å². The number of hydrogen-bond acceptors (Lipinski definition) is 4. The molecular weight excluding hydrogens is 269 g/mol. The summed E-state index contributed by atoms with van der Waals surface area (Å²) < 4.78 is 9.82. The third-order valence-electron chi connectivity index (χ3n) is 1.46. The van der Waals surface area contributed by atoms with Gasteiger partial charge in [0, 0.05) is 14.1 Å². The lowest BCUT2D eigenvalue weighted by Crippen LogP contribution is -2.31. The molecule has 0 spiro atoms. The molecule has 1 aliphatic rings. The van der Waals surface area contributed by atoms with Gasteiger partial charge in [-0.2, -0.15) is 0 Å². The van der Waals surface area contributed by atoms with Crippen LogP contribution < -0.4 is 4.89 Å². The molecule has 0 saturated heterocycles. The van der Waals surface area contributed by atoms with Gasteiger partial charge in [0.25, 0.3) is 7.73 Å². The molecule has 1 aliphatic carbocycles. The zero-order chi connectivity index (χ0) is 10.6. The van der Waals surface area contributed by atoms with E-state index in [9.17, 15) is 4.89 Å². The molecule has 0 aliphatic heterocycles. The van der Waals surface area contributed by atoms with E-state index in [1.54, 1.807) is 18.2 Å².